The molecule has 1 heterocycles. The van der Waals surface area contributed by atoms with E-state index in [9.17, 15) is 0 Å². The molecule has 1 aromatic heterocycles. The zero-order chi connectivity index (χ0) is 14.3. The average Bonchev–Trinajstić information content (AvgIpc) is 3.03. The Hall–Kier alpha value is -0.350. The number of nitrogens with one attached hydrogen (secondary N) is 1. The summed E-state index contributed by atoms with van der Waals surface area (Å²) >= 11 is 3.73. The smallest absolute Gasteiger partial charge is 0.0766 e. The highest BCUT2D eigenvalue weighted by Crippen LogP contribution is 2.49. The lowest BCUT2D eigenvalue weighted by molar-refractivity contribution is 0.352. The van der Waals surface area contributed by atoms with Crippen LogP contribution in [0.25, 0.3) is 0 Å². The first-order chi connectivity index (χ1) is 8.76. The van der Waals surface area contributed by atoms with E-state index in [-0.39, 0.29) is 5.54 Å². The molecule has 0 aliphatic heterocycles. The lowest BCUT2D eigenvalue weighted by Gasteiger charge is -2.25. The van der Waals surface area contributed by atoms with Crippen molar-refractivity contribution in [1.29, 1.82) is 0 Å². The van der Waals surface area contributed by atoms with Crippen molar-refractivity contribution in [2.75, 3.05) is 6.54 Å². The Balaban J connectivity index is 2.07. The molecule has 3 nitrogen and oxygen atoms in total. The summed E-state index contributed by atoms with van der Waals surface area (Å²) in [7, 11) is 2.06. The molecule has 1 N–H and O–H groups in total. The second kappa shape index (κ2) is 5.21. The summed E-state index contributed by atoms with van der Waals surface area (Å²) in [6, 6.07) is 0. The van der Waals surface area contributed by atoms with Gasteiger partial charge in [0, 0.05) is 19.1 Å². The van der Waals surface area contributed by atoms with Crippen molar-refractivity contribution in [3.8, 4) is 0 Å². The molecule has 4 heteroatoms. The largest absolute Gasteiger partial charge is 0.312 e. The molecular weight excluding hydrogens is 302 g/mol. The Kier molecular flexibility index (Phi) is 4.12. The Morgan fingerprint density at radius 2 is 2.00 bits per heavy atom. The summed E-state index contributed by atoms with van der Waals surface area (Å²) < 4.78 is 3.28. The minimum Gasteiger partial charge on any atom is -0.312 e. The van der Waals surface area contributed by atoms with Crippen LogP contribution in [0.2, 0.25) is 0 Å². The van der Waals surface area contributed by atoms with E-state index in [0.717, 1.165) is 19.4 Å². The van der Waals surface area contributed by atoms with Crippen LogP contribution in [0.15, 0.2) is 4.47 Å². The van der Waals surface area contributed by atoms with Gasteiger partial charge in [-0.15, -0.1) is 0 Å². The van der Waals surface area contributed by atoms with Gasteiger partial charge in [0.15, 0.2) is 0 Å². The first kappa shape index (κ1) is 15.0. The number of halogens is 1. The fourth-order valence-corrected chi connectivity index (χ4v) is 3.17. The molecule has 108 valence electrons. The molecule has 0 spiro atoms. The maximum atomic E-state index is 4.60. The van der Waals surface area contributed by atoms with Gasteiger partial charge in [0.25, 0.3) is 0 Å². The summed E-state index contributed by atoms with van der Waals surface area (Å²) in [6.45, 7) is 9.97. The third-order valence-corrected chi connectivity index (χ3v) is 4.91. The fraction of sp³-hybridized carbons (Fsp3) is 0.800. The Morgan fingerprint density at radius 3 is 2.42 bits per heavy atom. The quantitative estimate of drug-likeness (QED) is 0.897. The van der Waals surface area contributed by atoms with E-state index in [0.29, 0.717) is 5.41 Å². The van der Waals surface area contributed by atoms with Gasteiger partial charge in [0.2, 0.25) is 0 Å². The van der Waals surface area contributed by atoms with Crippen LogP contribution in [0.1, 0.15) is 51.9 Å². The number of rotatable bonds is 5. The fourth-order valence-electron chi connectivity index (χ4n) is 2.41. The monoisotopic (exact) mass is 327 g/mol. The number of hydrogen-bond acceptors (Lipinski definition) is 2. The van der Waals surface area contributed by atoms with Crippen LogP contribution in [0.4, 0.5) is 0 Å². The van der Waals surface area contributed by atoms with Crippen LogP contribution in [0.3, 0.4) is 0 Å². The minimum atomic E-state index is 0.202. The van der Waals surface area contributed by atoms with E-state index in [1.54, 1.807) is 0 Å². The Bertz CT molecular complexity index is 453. The normalized spacial score (nSPS) is 17.8. The summed E-state index contributed by atoms with van der Waals surface area (Å²) in [6.07, 6.45) is 4.77. The predicted octanol–water partition coefficient (Wildman–Crippen LogP) is 3.46. The van der Waals surface area contributed by atoms with E-state index in [1.165, 1.54) is 28.7 Å². The van der Waals surface area contributed by atoms with Crippen molar-refractivity contribution in [2.45, 2.75) is 58.9 Å². The van der Waals surface area contributed by atoms with Gasteiger partial charge in [-0.05, 0) is 67.8 Å². The zero-order valence-electron chi connectivity index (χ0n) is 12.8. The van der Waals surface area contributed by atoms with Crippen molar-refractivity contribution in [2.24, 2.45) is 12.5 Å². The molecule has 1 aromatic rings. The highest BCUT2D eigenvalue weighted by molar-refractivity contribution is 9.10. The maximum Gasteiger partial charge on any atom is 0.0766 e. The van der Waals surface area contributed by atoms with Crippen LogP contribution < -0.4 is 5.32 Å². The number of aryl methyl sites for hydroxylation is 2. The third kappa shape index (κ3) is 3.60. The molecular formula is C15H26BrN3. The number of nitrogens with zero attached hydrogens (tertiary/aromatic N) is 2. The van der Waals surface area contributed by atoms with Crippen LogP contribution in [0, 0.1) is 5.41 Å². The second-order valence-corrected chi connectivity index (χ2v) is 7.76. The van der Waals surface area contributed by atoms with E-state index >= 15 is 0 Å². The molecule has 0 saturated heterocycles. The van der Waals surface area contributed by atoms with Gasteiger partial charge < -0.3 is 5.32 Å². The number of aromatic nitrogens is 2. The van der Waals surface area contributed by atoms with Crippen molar-refractivity contribution in [1.82, 2.24) is 15.1 Å². The highest BCUT2D eigenvalue weighted by Gasteiger charge is 2.44. The zero-order valence-corrected chi connectivity index (χ0v) is 14.4. The summed E-state index contributed by atoms with van der Waals surface area (Å²) in [4.78, 5) is 0. The maximum absolute atomic E-state index is 4.60. The SMILES string of the molecule is CCc1nn(C)c(CC2(CNC(C)(C)C)CC2)c1Br. The lowest BCUT2D eigenvalue weighted by Crippen LogP contribution is -2.40. The lowest BCUT2D eigenvalue weighted by atomic mass is 9.98. The summed E-state index contributed by atoms with van der Waals surface area (Å²) in [5.74, 6) is 0. The number of hydrogen-bond donors (Lipinski definition) is 1. The molecule has 19 heavy (non-hydrogen) atoms. The van der Waals surface area contributed by atoms with Crippen LogP contribution in [-0.4, -0.2) is 21.9 Å². The molecule has 1 aliphatic carbocycles. The second-order valence-electron chi connectivity index (χ2n) is 6.96. The van der Waals surface area contributed by atoms with Crippen molar-refractivity contribution < 1.29 is 0 Å². The molecule has 1 aliphatic rings. The molecule has 0 bridgehead atoms. The molecule has 1 fully saturated rings. The van der Waals surface area contributed by atoms with Gasteiger partial charge in [0.1, 0.15) is 0 Å². The van der Waals surface area contributed by atoms with Crippen molar-refractivity contribution >= 4 is 15.9 Å². The van der Waals surface area contributed by atoms with E-state index < -0.39 is 0 Å². The Morgan fingerprint density at radius 1 is 1.37 bits per heavy atom. The van der Waals surface area contributed by atoms with Crippen LogP contribution in [0.5, 0.6) is 0 Å². The van der Waals surface area contributed by atoms with Gasteiger partial charge in [0.05, 0.1) is 15.9 Å². The van der Waals surface area contributed by atoms with E-state index in [4.69, 9.17) is 0 Å². The Labute approximate surface area is 125 Å². The third-order valence-electron chi connectivity index (χ3n) is 4.00. The molecule has 0 amide bonds. The van der Waals surface area contributed by atoms with Crippen molar-refractivity contribution in [3.63, 3.8) is 0 Å². The van der Waals surface area contributed by atoms with Gasteiger partial charge in [-0.2, -0.15) is 5.10 Å². The molecule has 0 unspecified atom stereocenters. The van der Waals surface area contributed by atoms with Crippen molar-refractivity contribution in [3.05, 3.63) is 15.9 Å². The minimum absolute atomic E-state index is 0.202. The molecule has 0 radical (unpaired) electrons. The van der Waals surface area contributed by atoms with Gasteiger partial charge in [-0.1, -0.05) is 6.92 Å². The average molecular weight is 328 g/mol. The van der Waals surface area contributed by atoms with Crippen LogP contribution in [-0.2, 0) is 19.9 Å². The van der Waals surface area contributed by atoms with Gasteiger partial charge in [-0.25, -0.2) is 0 Å². The first-order valence-corrected chi connectivity index (χ1v) is 8.01. The first-order valence-electron chi connectivity index (χ1n) is 7.22. The molecule has 2 rings (SSSR count). The van der Waals surface area contributed by atoms with Gasteiger partial charge in [-0.3, -0.25) is 4.68 Å². The molecule has 1 saturated carbocycles. The van der Waals surface area contributed by atoms with E-state index in [1.807, 2.05) is 0 Å². The summed E-state index contributed by atoms with van der Waals surface area (Å²) in [5.41, 5.74) is 3.18. The molecule has 0 atom stereocenters. The topological polar surface area (TPSA) is 29.9 Å². The van der Waals surface area contributed by atoms with Gasteiger partial charge >= 0.3 is 0 Å². The van der Waals surface area contributed by atoms with Crippen LogP contribution >= 0.6 is 15.9 Å². The standard InChI is InChI=1S/C15H26BrN3/c1-6-11-13(16)12(19(5)18-11)9-15(7-8-15)10-17-14(2,3)4/h17H,6-10H2,1-5H3. The summed E-state index contributed by atoms with van der Waals surface area (Å²) in [5, 5.41) is 8.26. The highest BCUT2D eigenvalue weighted by atomic mass is 79.9. The van der Waals surface area contributed by atoms with E-state index in [2.05, 4.69) is 65.8 Å². The molecule has 0 aromatic carbocycles. The predicted molar refractivity (Wildman–Crippen MR) is 83.4 cm³/mol.